The minimum absolute atomic E-state index is 0.214. The maximum atomic E-state index is 12.2. The Hall–Kier alpha value is -1.84. The van der Waals surface area contributed by atoms with Gasteiger partial charge in [-0.1, -0.05) is 25.6 Å². The number of amides is 1. The van der Waals surface area contributed by atoms with E-state index in [0.717, 1.165) is 5.56 Å². The summed E-state index contributed by atoms with van der Waals surface area (Å²) in [4.78, 5) is 18.0. The minimum atomic E-state index is -1.42. The van der Waals surface area contributed by atoms with Crippen LogP contribution in [0.4, 0.5) is 10.6 Å². The first-order valence-corrected chi connectivity index (χ1v) is 11.1. The van der Waals surface area contributed by atoms with Crippen LogP contribution < -0.4 is 4.90 Å². The van der Waals surface area contributed by atoms with E-state index >= 15 is 0 Å². The summed E-state index contributed by atoms with van der Waals surface area (Å²) in [6, 6.07) is 3.67. The van der Waals surface area contributed by atoms with Crippen LogP contribution in [0.25, 0.3) is 0 Å². The molecule has 0 spiro atoms. The van der Waals surface area contributed by atoms with Gasteiger partial charge >= 0.3 is 6.09 Å². The van der Waals surface area contributed by atoms with Crippen LogP contribution in [0.3, 0.4) is 0 Å². The third-order valence-electron chi connectivity index (χ3n) is 3.59. The van der Waals surface area contributed by atoms with Gasteiger partial charge in [0.2, 0.25) is 0 Å². The smallest absolute Gasteiger partial charge is 0.416 e. The van der Waals surface area contributed by atoms with E-state index in [0.29, 0.717) is 12.4 Å². The average Bonchev–Trinajstić information content (AvgIpc) is 2.44. The van der Waals surface area contributed by atoms with Gasteiger partial charge in [0.15, 0.2) is 0 Å². The number of pyridine rings is 1. The normalized spacial score (nSPS) is 20.5. The van der Waals surface area contributed by atoms with Crippen LogP contribution in [-0.2, 0) is 9.47 Å². The average molecular weight is 332 g/mol. The van der Waals surface area contributed by atoms with Gasteiger partial charge in [0, 0.05) is 18.9 Å². The van der Waals surface area contributed by atoms with Gasteiger partial charge in [0.1, 0.15) is 25.6 Å². The Labute approximate surface area is 139 Å². The van der Waals surface area contributed by atoms with Crippen molar-refractivity contribution in [2.75, 3.05) is 18.6 Å². The lowest BCUT2D eigenvalue weighted by atomic mass is 9.99. The molecule has 1 aromatic heterocycles. The van der Waals surface area contributed by atoms with E-state index in [1.54, 1.807) is 19.4 Å². The standard InChI is InChI=1S/C17H24N2O3Si/c1-17(2)14(21-3)12-19(16(20)22-17)15-8-7-13(11-18-15)9-10-23(4,5)6/h7-8,11,14H,12H2,1-6H3/t14-/m0/s1. The Bertz CT molecular complexity index is 639. The monoisotopic (exact) mass is 332 g/mol. The molecule has 0 aliphatic carbocycles. The van der Waals surface area contributed by atoms with Crippen molar-refractivity contribution in [2.24, 2.45) is 0 Å². The lowest BCUT2D eigenvalue weighted by Crippen LogP contribution is -2.57. The van der Waals surface area contributed by atoms with Crippen LogP contribution in [0.2, 0.25) is 19.6 Å². The Morgan fingerprint density at radius 2 is 2.09 bits per heavy atom. The van der Waals surface area contributed by atoms with Crippen molar-refractivity contribution in [3.05, 3.63) is 23.9 Å². The highest BCUT2D eigenvalue weighted by atomic mass is 28.3. The molecule has 1 atom stereocenters. The first-order chi connectivity index (χ1) is 10.6. The summed E-state index contributed by atoms with van der Waals surface area (Å²) in [6.07, 6.45) is 1.07. The topological polar surface area (TPSA) is 51.7 Å². The van der Waals surface area contributed by atoms with Gasteiger partial charge in [-0.25, -0.2) is 9.78 Å². The summed E-state index contributed by atoms with van der Waals surface area (Å²) in [5.41, 5.74) is 3.50. The highest BCUT2D eigenvalue weighted by molar-refractivity contribution is 6.83. The molecule has 0 unspecified atom stereocenters. The van der Waals surface area contributed by atoms with Gasteiger partial charge in [-0.05, 0) is 26.0 Å². The number of anilines is 1. The molecule has 23 heavy (non-hydrogen) atoms. The fraction of sp³-hybridized carbons (Fsp3) is 0.529. The molecule has 2 rings (SSSR count). The SMILES string of the molecule is CO[C@H]1CN(c2ccc(C#C[Si](C)(C)C)cn2)C(=O)OC1(C)C. The molecule has 1 amide bonds. The molecule has 1 aromatic rings. The summed E-state index contributed by atoms with van der Waals surface area (Å²) in [5, 5.41) is 0. The van der Waals surface area contributed by atoms with Crippen LogP contribution in [-0.4, -0.2) is 44.5 Å². The van der Waals surface area contributed by atoms with E-state index in [9.17, 15) is 4.79 Å². The Balaban J connectivity index is 2.19. The number of nitrogens with zero attached hydrogens (tertiary/aromatic N) is 2. The molecule has 6 heteroatoms. The largest absolute Gasteiger partial charge is 0.440 e. The lowest BCUT2D eigenvalue weighted by molar-refractivity contribution is -0.0858. The molecular formula is C17H24N2O3Si. The van der Waals surface area contributed by atoms with Crippen LogP contribution in [0.15, 0.2) is 18.3 Å². The predicted octanol–water partition coefficient (Wildman–Crippen LogP) is 3.06. The zero-order chi connectivity index (χ0) is 17.3. The molecule has 0 radical (unpaired) electrons. The van der Waals surface area contributed by atoms with E-state index < -0.39 is 19.8 Å². The van der Waals surface area contributed by atoms with Crippen molar-refractivity contribution >= 4 is 20.0 Å². The molecule has 1 saturated heterocycles. The van der Waals surface area contributed by atoms with Gasteiger partial charge in [-0.3, -0.25) is 4.90 Å². The highest BCUT2D eigenvalue weighted by Crippen LogP contribution is 2.27. The summed E-state index contributed by atoms with van der Waals surface area (Å²) in [7, 11) is 0.200. The molecule has 0 N–H and O–H groups in total. The number of carbonyl (C=O) groups excluding carboxylic acids is 1. The molecule has 2 heterocycles. The maximum Gasteiger partial charge on any atom is 0.416 e. The molecular weight excluding hydrogens is 308 g/mol. The summed E-state index contributed by atoms with van der Waals surface area (Å²) < 4.78 is 10.9. The third kappa shape index (κ3) is 4.33. The molecule has 0 bridgehead atoms. The van der Waals surface area contributed by atoms with E-state index in [4.69, 9.17) is 9.47 Å². The van der Waals surface area contributed by atoms with E-state index in [1.165, 1.54) is 4.90 Å². The van der Waals surface area contributed by atoms with Crippen LogP contribution in [0.1, 0.15) is 19.4 Å². The molecule has 5 nitrogen and oxygen atoms in total. The zero-order valence-corrected chi connectivity index (χ0v) is 15.6. The van der Waals surface area contributed by atoms with Crippen molar-refractivity contribution in [1.29, 1.82) is 0 Å². The molecule has 1 aliphatic rings. The molecule has 1 fully saturated rings. The Kier molecular flexibility index (Phi) is 4.83. The maximum absolute atomic E-state index is 12.2. The Morgan fingerprint density at radius 1 is 1.39 bits per heavy atom. The number of hydrogen-bond acceptors (Lipinski definition) is 4. The second kappa shape index (κ2) is 6.34. The molecule has 124 valence electrons. The van der Waals surface area contributed by atoms with Crippen molar-refractivity contribution in [3.63, 3.8) is 0 Å². The van der Waals surface area contributed by atoms with Crippen molar-refractivity contribution in [2.45, 2.75) is 45.2 Å². The second-order valence-electron chi connectivity index (χ2n) is 7.21. The number of rotatable bonds is 2. The fourth-order valence-electron chi connectivity index (χ4n) is 2.23. The minimum Gasteiger partial charge on any atom is -0.440 e. The quantitative estimate of drug-likeness (QED) is 0.617. The van der Waals surface area contributed by atoms with E-state index in [2.05, 4.69) is 36.1 Å². The zero-order valence-electron chi connectivity index (χ0n) is 14.6. The van der Waals surface area contributed by atoms with Crippen LogP contribution >= 0.6 is 0 Å². The lowest BCUT2D eigenvalue weighted by Gasteiger charge is -2.41. The fourth-order valence-corrected chi connectivity index (χ4v) is 2.75. The van der Waals surface area contributed by atoms with Gasteiger partial charge in [0.05, 0.1) is 6.54 Å². The highest BCUT2D eigenvalue weighted by Gasteiger charge is 2.42. The number of aromatic nitrogens is 1. The summed E-state index contributed by atoms with van der Waals surface area (Å²) in [5.74, 6) is 3.70. The van der Waals surface area contributed by atoms with Gasteiger partial charge < -0.3 is 9.47 Å². The summed E-state index contributed by atoms with van der Waals surface area (Å²) in [6.45, 7) is 10.7. The predicted molar refractivity (Wildman–Crippen MR) is 93.2 cm³/mol. The molecule has 0 aromatic carbocycles. The van der Waals surface area contributed by atoms with Crippen molar-refractivity contribution < 1.29 is 14.3 Å². The van der Waals surface area contributed by atoms with Crippen molar-refractivity contribution in [3.8, 4) is 11.5 Å². The third-order valence-corrected chi connectivity index (χ3v) is 4.46. The number of carbonyl (C=O) groups is 1. The van der Waals surface area contributed by atoms with Gasteiger partial charge in [-0.2, -0.15) is 0 Å². The number of methoxy groups -OCH3 is 1. The van der Waals surface area contributed by atoms with Crippen molar-refractivity contribution in [1.82, 2.24) is 4.98 Å². The van der Waals surface area contributed by atoms with Crippen LogP contribution in [0, 0.1) is 11.5 Å². The second-order valence-corrected chi connectivity index (χ2v) is 12.0. The first-order valence-electron chi connectivity index (χ1n) is 7.65. The van der Waals surface area contributed by atoms with Gasteiger partial charge in [-0.15, -0.1) is 5.54 Å². The van der Waals surface area contributed by atoms with Crippen LogP contribution in [0.5, 0.6) is 0 Å². The number of cyclic esters (lactones) is 1. The van der Waals surface area contributed by atoms with E-state index in [1.807, 2.05) is 19.9 Å². The molecule has 1 aliphatic heterocycles. The first kappa shape index (κ1) is 17.5. The number of hydrogen-bond donors (Lipinski definition) is 0. The molecule has 0 saturated carbocycles. The number of ether oxygens (including phenoxy) is 2. The van der Waals surface area contributed by atoms with Gasteiger partial charge in [0.25, 0.3) is 0 Å². The summed E-state index contributed by atoms with van der Waals surface area (Å²) >= 11 is 0. The Morgan fingerprint density at radius 3 is 2.61 bits per heavy atom. The van der Waals surface area contributed by atoms with E-state index in [-0.39, 0.29) is 6.10 Å².